The molecule has 0 aromatic carbocycles. The topological polar surface area (TPSA) is 24.9 Å². The lowest BCUT2D eigenvalue weighted by molar-refractivity contribution is 0.282. The number of halogens is 1. The van der Waals surface area contributed by atoms with Crippen molar-refractivity contribution in [2.45, 2.75) is 45.7 Å². The largest absolute Gasteiger partial charge is 0.308 e. The summed E-state index contributed by atoms with van der Waals surface area (Å²) in [4.78, 5) is 4.29. The van der Waals surface area contributed by atoms with Crippen LogP contribution in [0.4, 0.5) is 0 Å². The van der Waals surface area contributed by atoms with Gasteiger partial charge in [-0.05, 0) is 30.4 Å². The Morgan fingerprint density at radius 1 is 1.50 bits per heavy atom. The van der Waals surface area contributed by atoms with E-state index >= 15 is 0 Å². The van der Waals surface area contributed by atoms with Crippen molar-refractivity contribution >= 4 is 11.6 Å². The van der Waals surface area contributed by atoms with E-state index in [0.29, 0.717) is 16.5 Å². The van der Waals surface area contributed by atoms with Crippen LogP contribution in [0.25, 0.3) is 0 Å². The molecule has 1 heterocycles. The molecular formula is C13H19ClN2. The molecule has 0 spiro atoms. The van der Waals surface area contributed by atoms with Gasteiger partial charge in [0.05, 0.1) is 10.7 Å². The van der Waals surface area contributed by atoms with E-state index in [1.807, 2.05) is 12.1 Å². The molecule has 1 aromatic rings. The molecule has 2 nitrogen and oxygen atoms in total. The highest BCUT2D eigenvalue weighted by Gasteiger charge is 2.33. The van der Waals surface area contributed by atoms with E-state index in [2.05, 4.69) is 24.1 Å². The van der Waals surface area contributed by atoms with Crippen LogP contribution in [-0.4, -0.2) is 11.0 Å². The highest BCUT2D eigenvalue weighted by molar-refractivity contribution is 6.30. The quantitative estimate of drug-likeness (QED) is 0.873. The minimum Gasteiger partial charge on any atom is -0.308 e. The molecule has 0 aliphatic heterocycles. The van der Waals surface area contributed by atoms with Gasteiger partial charge in [-0.2, -0.15) is 0 Å². The van der Waals surface area contributed by atoms with Gasteiger partial charge in [0.2, 0.25) is 0 Å². The van der Waals surface area contributed by atoms with Gasteiger partial charge in [-0.1, -0.05) is 31.9 Å². The normalized spacial score (nSPS) is 23.6. The second-order valence-electron chi connectivity index (χ2n) is 5.28. The summed E-state index contributed by atoms with van der Waals surface area (Å²) in [6.45, 7) is 5.52. The second kappa shape index (κ2) is 4.72. The summed E-state index contributed by atoms with van der Waals surface area (Å²) >= 11 is 5.80. The summed E-state index contributed by atoms with van der Waals surface area (Å²) in [7, 11) is 0. The third-order valence-corrected chi connectivity index (χ3v) is 3.80. The number of rotatable bonds is 3. The molecule has 0 saturated heterocycles. The summed E-state index contributed by atoms with van der Waals surface area (Å²) < 4.78 is 0. The fourth-order valence-corrected chi connectivity index (χ4v) is 2.56. The average molecular weight is 239 g/mol. The number of aromatic nitrogens is 1. The summed E-state index contributed by atoms with van der Waals surface area (Å²) in [5.41, 5.74) is 1.49. The number of hydrogen-bond donors (Lipinski definition) is 1. The summed E-state index contributed by atoms with van der Waals surface area (Å²) in [5, 5.41) is 4.30. The first-order valence-corrected chi connectivity index (χ1v) is 6.29. The molecule has 1 N–H and O–H groups in total. The Labute approximate surface area is 102 Å². The molecule has 1 aliphatic carbocycles. The van der Waals surface area contributed by atoms with Crippen molar-refractivity contribution in [2.24, 2.45) is 5.41 Å². The van der Waals surface area contributed by atoms with Gasteiger partial charge < -0.3 is 5.32 Å². The number of nitrogens with zero attached hydrogens (tertiary/aromatic N) is 1. The zero-order valence-corrected chi connectivity index (χ0v) is 10.7. The van der Waals surface area contributed by atoms with Crippen molar-refractivity contribution < 1.29 is 0 Å². The Hall–Kier alpha value is -0.600. The predicted molar refractivity (Wildman–Crippen MR) is 67.5 cm³/mol. The first-order chi connectivity index (χ1) is 7.58. The Balaban J connectivity index is 1.90. The minimum atomic E-state index is 0.423. The molecule has 0 radical (unpaired) electrons. The van der Waals surface area contributed by atoms with Crippen LogP contribution in [0.5, 0.6) is 0 Å². The maximum absolute atomic E-state index is 5.80. The zero-order chi connectivity index (χ0) is 11.6. The van der Waals surface area contributed by atoms with E-state index in [-0.39, 0.29) is 0 Å². The van der Waals surface area contributed by atoms with Gasteiger partial charge >= 0.3 is 0 Å². The highest BCUT2D eigenvalue weighted by atomic mass is 35.5. The van der Waals surface area contributed by atoms with Crippen LogP contribution < -0.4 is 5.32 Å². The van der Waals surface area contributed by atoms with Crippen LogP contribution in [0.2, 0.25) is 5.02 Å². The lowest BCUT2D eigenvalue weighted by Crippen LogP contribution is -2.37. The maximum atomic E-state index is 5.80. The SMILES string of the molecule is CC1(C)CCCC1NCc1ccc(Cl)cn1. The van der Waals surface area contributed by atoms with Gasteiger partial charge in [-0.25, -0.2) is 0 Å². The molecule has 88 valence electrons. The molecule has 0 bridgehead atoms. The third-order valence-electron chi connectivity index (χ3n) is 3.58. The fourth-order valence-electron chi connectivity index (χ4n) is 2.44. The van der Waals surface area contributed by atoms with Gasteiger partial charge in [-0.3, -0.25) is 4.98 Å². The molecule has 1 aliphatic rings. The van der Waals surface area contributed by atoms with Gasteiger partial charge in [0, 0.05) is 18.8 Å². The van der Waals surface area contributed by atoms with Crippen LogP contribution in [0.3, 0.4) is 0 Å². The molecule has 16 heavy (non-hydrogen) atoms. The first kappa shape index (κ1) is 11.9. The lowest BCUT2D eigenvalue weighted by atomic mass is 9.87. The van der Waals surface area contributed by atoms with Crippen molar-refractivity contribution in [3.8, 4) is 0 Å². The molecular weight excluding hydrogens is 220 g/mol. The zero-order valence-electron chi connectivity index (χ0n) is 9.96. The minimum absolute atomic E-state index is 0.423. The molecule has 1 saturated carbocycles. The van der Waals surface area contributed by atoms with Crippen LogP contribution in [0, 0.1) is 5.41 Å². The van der Waals surface area contributed by atoms with Crippen LogP contribution in [0.1, 0.15) is 38.8 Å². The molecule has 2 rings (SSSR count). The third kappa shape index (κ3) is 2.74. The summed E-state index contributed by atoms with van der Waals surface area (Å²) in [5.74, 6) is 0. The first-order valence-electron chi connectivity index (χ1n) is 5.92. The Kier molecular flexibility index (Phi) is 3.50. The van der Waals surface area contributed by atoms with Crippen molar-refractivity contribution in [3.63, 3.8) is 0 Å². The van der Waals surface area contributed by atoms with Crippen LogP contribution >= 0.6 is 11.6 Å². The number of pyridine rings is 1. The van der Waals surface area contributed by atoms with Crippen molar-refractivity contribution in [1.82, 2.24) is 10.3 Å². The fraction of sp³-hybridized carbons (Fsp3) is 0.615. The number of nitrogens with one attached hydrogen (secondary N) is 1. The lowest BCUT2D eigenvalue weighted by Gasteiger charge is -2.27. The maximum Gasteiger partial charge on any atom is 0.0589 e. The molecule has 1 atom stereocenters. The predicted octanol–water partition coefficient (Wildman–Crippen LogP) is 3.40. The second-order valence-corrected chi connectivity index (χ2v) is 5.72. The van der Waals surface area contributed by atoms with E-state index in [4.69, 9.17) is 11.6 Å². The van der Waals surface area contributed by atoms with Crippen LogP contribution in [-0.2, 0) is 6.54 Å². The molecule has 3 heteroatoms. The molecule has 1 aromatic heterocycles. The Morgan fingerprint density at radius 3 is 2.88 bits per heavy atom. The highest BCUT2D eigenvalue weighted by Crippen LogP contribution is 2.37. The van der Waals surface area contributed by atoms with E-state index in [1.165, 1.54) is 19.3 Å². The van der Waals surface area contributed by atoms with Crippen molar-refractivity contribution in [2.75, 3.05) is 0 Å². The molecule has 1 unspecified atom stereocenters. The van der Waals surface area contributed by atoms with Gasteiger partial charge in [-0.15, -0.1) is 0 Å². The Morgan fingerprint density at radius 2 is 2.31 bits per heavy atom. The Bertz CT molecular complexity index is 345. The summed E-state index contributed by atoms with van der Waals surface area (Å²) in [6, 6.07) is 4.49. The van der Waals surface area contributed by atoms with Gasteiger partial charge in [0.15, 0.2) is 0 Å². The van der Waals surface area contributed by atoms with Gasteiger partial charge in [0.1, 0.15) is 0 Å². The van der Waals surface area contributed by atoms with E-state index < -0.39 is 0 Å². The molecule has 0 amide bonds. The molecule has 1 fully saturated rings. The van der Waals surface area contributed by atoms with E-state index in [9.17, 15) is 0 Å². The smallest absolute Gasteiger partial charge is 0.0589 e. The van der Waals surface area contributed by atoms with E-state index in [1.54, 1.807) is 6.20 Å². The summed E-state index contributed by atoms with van der Waals surface area (Å²) in [6.07, 6.45) is 5.64. The van der Waals surface area contributed by atoms with Gasteiger partial charge in [0.25, 0.3) is 0 Å². The van der Waals surface area contributed by atoms with Crippen molar-refractivity contribution in [1.29, 1.82) is 0 Å². The number of hydrogen-bond acceptors (Lipinski definition) is 2. The monoisotopic (exact) mass is 238 g/mol. The standard InChI is InChI=1S/C13H19ClN2/c1-13(2)7-3-4-12(13)16-9-11-6-5-10(14)8-15-11/h5-6,8,12,16H,3-4,7,9H2,1-2H3. The van der Waals surface area contributed by atoms with Crippen LogP contribution in [0.15, 0.2) is 18.3 Å². The van der Waals surface area contributed by atoms with Crippen molar-refractivity contribution in [3.05, 3.63) is 29.0 Å². The van der Waals surface area contributed by atoms with E-state index in [0.717, 1.165) is 12.2 Å². The average Bonchev–Trinajstić information content (AvgIpc) is 2.57.